The number of anilines is 2. The molecule has 3 aromatic heterocycles. The van der Waals surface area contributed by atoms with Gasteiger partial charge in [0, 0.05) is 73.7 Å². The molecule has 2 aliphatic heterocycles. The first kappa shape index (κ1) is 36.3. The molecular formula is C39H46N8O6S. The number of pyridine rings is 3. The number of morpholine rings is 2. The maximum absolute atomic E-state index is 14.0. The molecule has 8 rings (SSSR count). The zero-order valence-electron chi connectivity index (χ0n) is 30.6. The fourth-order valence-electron chi connectivity index (χ4n) is 7.43. The average Bonchev–Trinajstić information content (AvgIpc) is 4.00. The second-order valence-corrected chi connectivity index (χ2v) is 16.6. The van der Waals surface area contributed by atoms with Crippen LogP contribution in [-0.4, -0.2) is 94.3 Å². The van der Waals surface area contributed by atoms with Crippen molar-refractivity contribution < 1.29 is 27.5 Å². The number of ether oxygens (including phenoxy) is 2. The largest absolute Gasteiger partial charge is 0.378 e. The fraction of sp³-hybridized carbons (Fsp3) is 0.462. The maximum Gasteiger partial charge on any atom is 0.253 e. The van der Waals surface area contributed by atoms with Crippen LogP contribution < -0.4 is 25.2 Å². The molecule has 3 N–H and O–H groups in total. The molecule has 14 nitrogen and oxygen atoms in total. The van der Waals surface area contributed by atoms with Crippen LogP contribution in [0.1, 0.15) is 88.6 Å². The molecule has 3 fully saturated rings. The minimum Gasteiger partial charge on any atom is -0.378 e. The molecule has 0 spiro atoms. The molecule has 1 aromatic carbocycles. The van der Waals surface area contributed by atoms with E-state index in [-0.39, 0.29) is 29.2 Å². The van der Waals surface area contributed by atoms with Gasteiger partial charge in [0.15, 0.2) is 0 Å². The molecule has 284 valence electrons. The summed E-state index contributed by atoms with van der Waals surface area (Å²) in [5.41, 5.74) is 2.97. The van der Waals surface area contributed by atoms with E-state index in [4.69, 9.17) is 14.5 Å². The predicted octanol–water partition coefficient (Wildman–Crippen LogP) is 3.86. The number of carbonyl (C=O) groups is 2. The van der Waals surface area contributed by atoms with Crippen LogP contribution >= 0.6 is 0 Å². The molecule has 2 saturated heterocycles. The van der Waals surface area contributed by atoms with Crippen molar-refractivity contribution in [1.29, 1.82) is 0 Å². The summed E-state index contributed by atoms with van der Waals surface area (Å²) < 4.78 is 41.7. The van der Waals surface area contributed by atoms with E-state index in [1.165, 1.54) is 0 Å². The van der Waals surface area contributed by atoms with Gasteiger partial charge in [0.2, 0.25) is 10.0 Å². The molecule has 2 aliphatic carbocycles. The lowest BCUT2D eigenvalue weighted by atomic mass is 9.98. The molecule has 2 amide bonds. The lowest BCUT2D eigenvalue weighted by Crippen LogP contribution is -2.36. The highest BCUT2D eigenvalue weighted by molar-refractivity contribution is 7.89. The lowest BCUT2D eigenvalue weighted by molar-refractivity contribution is 0.0927. The van der Waals surface area contributed by atoms with Gasteiger partial charge in [0.1, 0.15) is 11.6 Å². The van der Waals surface area contributed by atoms with Gasteiger partial charge in [-0.15, -0.1) is 0 Å². The van der Waals surface area contributed by atoms with Crippen molar-refractivity contribution in [1.82, 2.24) is 30.3 Å². The minimum absolute atomic E-state index is 0.0939. The number of hydrogen-bond acceptors (Lipinski definition) is 11. The number of amides is 2. The lowest BCUT2D eigenvalue weighted by Gasteiger charge is -2.27. The minimum atomic E-state index is -3.96. The number of nitrogens with one attached hydrogen (secondary N) is 3. The summed E-state index contributed by atoms with van der Waals surface area (Å²) in [5.74, 6) is 1.25. The van der Waals surface area contributed by atoms with Gasteiger partial charge in [0.25, 0.3) is 11.8 Å². The first-order valence-electron chi connectivity index (χ1n) is 18.8. The van der Waals surface area contributed by atoms with E-state index in [1.807, 2.05) is 32.0 Å². The Morgan fingerprint density at radius 3 is 1.87 bits per heavy atom. The van der Waals surface area contributed by atoms with Crippen molar-refractivity contribution in [2.75, 3.05) is 69.0 Å². The summed E-state index contributed by atoms with van der Waals surface area (Å²) in [5, 5.41) is 7.51. The second kappa shape index (κ2) is 15.2. The SMILES string of the molecule is CC(C)CNS(=O)(=O)c1cc2c(c3cnc(C4CC4)cc13)[C@H](NC(=O)c1ccc(N3CCOCC3)nc1)C[C@H]2NC(=O)c1ccc(N2CCOCC2)nc1. The third kappa shape index (κ3) is 7.63. The number of hydrogen-bond donors (Lipinski definition) is 3. The van der Waals surface area contributed by atoms with Crippen molar-refractivity contribution in [3.05, 3.63) is 82.9 Å². The normalized spacial score (nSPS) is 20.3. The Morgan fingerprint density at radius 1 is 0.778 bits per heavy atom. The Hall–Kier alpha value is -4.70. The van der Waals surface area contributed by atoms with Crippen LogP contribution in [0.25, 0.3) is 10.8 Å². The number of fused-ring (bicyclic) bond motifs is 3. The Labute approximate surface area is 315 Å². The van der Waals surface area contributed by atoms with E-state index >= 15 is 0 Å². The highest BCUT2D eigenvalue weighted by Crippen LogP contribution is 2.47. The molecule has 0 unspecified atom stereocenters. The third-order valence-electron chi connectivity index (χ3n) is 10.5. The molecule has 4 aromatic rings. The van der Waals surface area contributed by atoms with E-state index < -0.39 is 22.1 Å². The summed E-state index contributed by atoms with van der Waals surface area (Å²) in [6, 6.07) is 9.54. The van der Waals surface area contributed by atoms with E-state index in [9.17, 15) is 18.0 Å². The smallest absolute Gasteiger partial charge is 0.253 e. The van der Waals surface area contributed by atoms with Gasteiger partial charge >= 0.3 is 0 Å². The second-order valence-electron chi connectivity index (χ2n) is 14.8. The summed E-state index contributed by atoms with van der Waals surface area (Å²) in [7, 11) is -3.96. The fourth-order valence-corrected chi connectivity index (χ4v) is 8.88. The molecular weight excluding hydrogens is 709 g/mol. The quantitative estimate of drug-likeness (QED) is 0.204. The highest BCUT2D eigenvalue weighted by atomic mass is 32.2. The van der Waals surface area contributed by atoms with Crippen LogP contribution in [0, 0.1) is 5.92 Å². The number of aromatic nitrogens is 3. The van der Waals surface area contributed by atoms with Gasteiger partial charge in [-0.2, -0.15) is 0 Å². The van der Waals surface area contributed by atoms with Crippen molar-refractivity contribution in [2.24, 2.45) is 5.92 Å². The van der Waals surface area contributed by atoms with Gasteiger partial charge < -0.3 is 29.9 Å². The van der Waals surface area contributed by atoms with Crippen LogP contribution in [-0.2, 0) is 19.5 Å². The number of carbonyl (C=O) groups excluding carboxylic acids is 2. The molecule has 5 heterocycles. The van der Waals surface area contributed by atoms with Gasteiger partial charge in [-0.3, -0.25) is 14.6 Å². The summed E-state index contributed by atoms with van der Waals surface area (Å²) in [6.07, 6.45) is 7.17. The molecule has 54 heavy (non-hydrogen) atoms. The molecule has 0 radical (unpaired) electrons. The van der Waals surface area contributed by atoms with Crippen molar-refractivity contribution in [2.45, 2.75) is 56.0 Å². The molecule has 2 atom stereocenters. The molecule has 0 bridgehead atoms. The Balaban J connectivity index is 1.14. The topological polar surface area (TPSA) is 168 Å². The van der Waals surface area contributed by atoms with E-state index in [1.54, 1.807) is 36.8 Å². The monoisotopic (exact) mass is 754 g/mol. The van der Waals surface area contributed by atoms with Crippen LogP contribution in [0.2, 0.25) is 0 Å². The number of sulfonamides is 1. The van der Waals surface area contributed by atoms with Crippen LogP contribution in [0.3, 0.4) is 0 Å². The zero-order valence-corrected chi connectivity index (χ0v) is 31.4. The van der Waals surface area contributed by atoms with Crippen molar-refractivity contribution >= 4 is 44.2 Å². The highest BCUT2D eigenvalue weighted by Gasteiger charge is 2.38. The summed E-state index contributed by atoms with van der Waals surface area (Å²) >= 11 is 0. The maximum atomic E-state index is 14.0. The van der Waals surface area contributed by atoms with Crippen LogP contribution in [0.5, 0.6) is 0 Å². The molecule has 1 saturated carbocycles. The first-order chi connectivity index (χ1) is 26.1. The number of nitrogens with zero attached hydrogens (tertiary/aromatic N) is 5. The summed E-state index contributed by atoms with van der Waals surface area (Å²) in [4.78, 5) is 46.0. The molecule has 4 aliphatic rings. The average molecular weight is 755 g/mol. The van der Waals surface area contributed by atoms with Crippen molar-refractivity contribution in [3.63, 3.8) is 0 Å². The van der Waals surface area contributed by atoms with Crippen LogP contribution in [0.4, 0.5) is 11.6 Å². The van der Waals surface area contributed by atoms with Crippen LogP contribution in [0.15, 0.2) is 59.9 Å². The predicted molar refractivity (Wildman–Crippen MR) is 203 cm³/mol. The van der Waals surface area contributed by atoms with E-state index in [2.05, 4.69) is 35.1 Å². The Bertz CT molecular complexity index is 2130. The van der Waals surface area contributed by atoms with Gasteiger partial charge in [-0.1, -0.05) is 13.8 Å². The van der Waals surface area contributed by atoms with Gasteiger partial charge in [-0.25, -0.2) is 23.1 Å². The zero-order chi connectivity index (χ0) is 37.4. The van der Waals surface area contributed by atoms with Gasteiger partial charge in [0.05, 0.1) is 54.5 Å². The van der Waals surface area contributed by atoms with Crippen molar-refractivity contribution in [3.8, 4) is 0 Å². The molecule has 15 heteroatoms. The van der Waals surface area contributed by atoms with E-state index in [0.717, 1.165) is 61.9 Å². The van der Waals surface area contributed by atoms with Gasteiger partial charge in [-0.05, 0) is 72.7 Å². The number of benzene rings is 1. The Kier molecular flexibility index (Phi) is 10.2. The Morgan fingerprint density at radius 2 is 1.35 bits per heavy atom. The standard InChI is InChI=1S/C39H46N8O6S/c1-24(2)20-43-54(50,51)34-18-29-32(44-38(48)26-5-7-35(41-21-26)46-9-13-52-14-10-46)19-33(37(29)30-23-40-31(17-28(30)34)25-3-4-25)45-39(49)27-6-8-36(42-22-27)47-11-15-53-16-12-47/h5-8,17-18,21-25,32-33,43H,3-4,9-16,19-20H2,1-2H3,(H,44,48)(H,45,49)/t32-,33-/m1/s1. The third-order valence-corrected chi connectivity index (χ3v) is 12.0. The van der Waals surface area contributed by atoms with E-state index in [0.29, 0.717) is 66.2 Å². The number of rotatable bonds is 11. The summed E-state index contributed by atoms with van der Waals surface area (Å²) in [6.45, 7) is 9.57. The first-order valence-corrected chi connectivity index (χ1v) is 20.3.